The van der Waals surface area contributed by atoms with Crippen LogP contribution < -0.4 is 0 Å². The largest absolute Gasteiger partial charge is 0.378 e. The topological polar surface area (TPSA) is 45.3 Å². The van der Waals surface area contributed by atoms with Crippen molar-refractivity contribution in [2.45, 2.75) is 39.2 Å². The minimum absolute atomic E-state index is 0.105. The van der Waals surface area contributed by atoms with Gasteiger partial charge in [0.25, 0.3) is 0 Å². The predicted molar refractivity (Wildman–Crippen MR) is 87.9 cm³/mol. The molecule has 1 fully saturated rings. The molecule has 0 unspecified atom stereocenters. The highest BCUT2D eigenvalue weighted by Crippen LogP contribution is 2.24. The van der Waals surface area contributed by atoms with Gasteiger partial charge in [0.05, 0.1) is 12.5 Å². The van der Waals surface area contributed by atoms with Crippen LogP contribution in [0.5, 0.6) is 0 Å². The zero-order valence-corrected chi connectivity index (χ0v) is 13.7. The first-order valence-electron chi connectivity index (χ1n) is 8.24. The number of benzene rings is 1. The maximum absolute atomic E-state index is 13.5. The van der Waals surface area contributed by atoms with Gasteiger partial charge in [-0.1, -0.05) is 0 Å². The molecular formula is C18H23FN2O2. The molecule has 4 nitrogen and oxygen atoms in total. The van der Waals surface area contributed by atoms with E-state index in [1.807, 2.05) is 18.7 Å². The molecule has 124 valence electrons. The number of likely N-dealkylation sites (tertiary alicyclic amines) is 1. The molecule has 23 heavy (non-hydrogen) atoms. The Balaban J connectivity index is 1.71. The van der Waals surface area contributed by atoms with Crippen molar-refractivity contribution in [3.8, 4) is 0 Å². The van der Waals surface area contributed by atoms with Gasteiger partial charge in [-0.05, 0) is 50.5 Å². The van der Waals surface area contributed by atoms with E-state index in [9.17, 15) is 9.18 Å². The first-order chi connectivity index (χ1) is 11.1. The summed E-state index contributed by atoms with van der Waals surface area (Å²) in [7, 11) is 0. The van der Waals surface area contributed by atoms with Crippen molar-refractivity contribution in [1.29, 1.82) is 0 Å². The van der Waals surface area contributed by atoms with E-state index in [0.717, 1.165) is 54.7 Å². The number of hydrogen-bond donors (Lipinski definition) is 1. The van der Waals surface area contributed by atoms with Gasteiger partial charge in [0.2, 0.25) is 5.91 Å². The van der Waals surface area contributed by atoms with E-state index >= 15 is 0 Å². The fraction of sp³-hybridized carbons (Fsp3) is 0.500. The second-order valence-electron chi connectivity index (χ2n) is 6.13. The van der Waals surface area contributed by atoms with E-state index in [0.29, 0.717) is 6.42 Å². The molecule has 1 aliphatic heterocycles. The summed E-state index contributed by atoms with van der Waals surface area (Å²) in [5.41, 5.74) is 2.71. The number of aryl methyl sites for hydroxylation is 1. The molecule has 2 heterocycles. The highest BCUT2D eigenvalue weighted by Gasteiger charge is 2.24. The molecule has 0 bridgehead atoms. The Kier molecular flexibility index (Phi) is 4.66. The first-order valence-corrected chi connectivity index (χ1v) is 8.24. The molecule has 5 heteroatoms. The Hall–Kier alpha value is -1.88. The molecule has 1 aliphatic rings. The number of amides is 1. The Labute approximate surface area is 135 Å². The van der Waals surface area contributed by atoms with Crippen LogP contribution in [0.3, 0.4) is 0 Å². The summed E-state index contributed by atoms with van der Waals surface area (Å²) in [6, 6.07) is 4.66. The number of rotatable bonds is 4. The van der Waals surface area contributed by atoms with Crippen molar-refractivity contribution >= 4 is 16.8 Å². The molecule has 0 aliphatic carbocycles. The van der Waals surface area contributed by atoms with Gasteiger partial charge < -0.3 is 14.6 Å². The summed E-state index contributed by atoms with van der Waals surface area (Å²) in [4.78, 5) is 17.7. The van der Waals surface area contributed by atoms with Crippen LogP contribution in [0.4, 0.5) is 4.39 Å². The molecule has 2 aromatic rings. The average Bonchev–Trinajstić information content (AvgIpc) is 2.84. The van der Waals surface area contributed by atoms with Crippen LogP contribution in [0.2, 0.25) is 0 Å². The average molecular weight is 318 g/mol. The maximum Gasteiger partial charge on any atom is 0.227 e. The molecule has 1 aromatic heterocycles. The molecule has 1 amide bonds. The van der Waals surface area contributed by atoms with Gasteiger partial charge >= 0.3 is 0 Å². The van der Waals surface area contributed by atoms with Crippen molar-refractivity contribution in [2.24, 2.45) is 0 Å². The van der Waals surface area contributed by atoms with E-state index in [1.165, 1.54) is 12.1 Å². The lowest BCUT2D eigenvalue weighted by Crippen LogP contribution is -2.41. The van der Waals surface area contributed by atoms with E-state index < -0.39 is 0 Å². The number of carbonyl (C=O) groups is 1. The second kappa shape index (κ2) is 6.71. The number of nitrogens with one attached hydrogen (secondary N) is 1. The van der Waals surface area contributed by atoms with Crippen molar-refractivity contribution in [1.82, 2.24) is 9.88 Å². The van der Waals surface area contributed by atoms with Crippen LogP contribution >= 0.6 is 0 Å². The molecule has 1 saturated heterocycles. The molecule has 0 spiro atoms. The monoisotopic (exact) mass is 318 g/mol. The van der Waals surface area contributed by atoms with Gasteiger partial charge in [-0.25, -0.2) is 4.39 Å². The van der Waals surface area contributed by atoms with Crippen LogP contribution in [0, 0.1) is 12.7 Å². The van der Waals surface area contributed by atoms with Crippen molar-refractivity contribution < 1.29 is 13.9 Å². The lowest BCUT2D eigenvalue weighted by molar-refractivity contribution is -0.133. The van der Waals surface area contributed by atoms with Crippen LogP contribution in [0.15, 0.2) is 18.2 Å². The van der Waals surface area contributed by atoms with Gasteiger partial charge in [-0.2, -0.15) is 0 Å². The molecule has 1 aromatic carbocycles. The fourth-order valence-corrected chi connectivity index (χ4v) is 3.35. The predicted octanol–water partition coefficient (Wildman–Crippen LogP) is 3.19. The Bertz CT molecular complexity index is 702. The van der Waals surface area contributed by atoms with E-state index in [4.69, 9.17) is 4.74 Å². The van der Waals surface area contributed by atoms with Gasteiger partial charge in [0.15, 0.2) is 0 Å². The minimum atomic E-state index is -0.275. The standard InChI is InChI=1S/C18H23FN2O2/c1-3-23-14-6-8-21(9-7-14)18(22)11-15-12(2)20-17-5-4-13(19)10-16(15)17/h4-5,10,14,20H,3,6-9,11H2,1-2H3. The summed E-state index contributed by atoms with van der Waals surface area (Å²) >= 11 is 0. The number of aromatic nitrogens is 1. The Morgan fingerprint density at radius 1 is 1.39 bits per heavy atom. The highest BCUT2D eigenvalue weighted by atomic mass is 19.1. The normalized spacial score (nSPS) is 16.2. The number of ether oxygens (including phenoxy) is 1. The van der Waals surface area contributed by atoms with Crippen LogP contribution in [0.25, 0.3) is 10.9 Å². The lowest BCUT2D eigenvalue weighted by Gasteiger charge is -2.31. The zero-order chi connectivity index (χ0) is 16.4. The van der Waals surface area contributed by atoms with Crippen LogP contribution in [-0.4, -0.2) is 41.6 Å². The summed E-state index contributed by atoms with van der Waals surface area (Å²) < 4.78 is 19.1. The van der Waals surface area contributed by atoms with Gasteiger partial charge in [-0.3, -0.25) is 4.79 Å². The minimum Gasteiger partial charge on any atom is -0.378 e. The number of carbonyl (C=O) groups excluding carboxylic acids is 1. The molecule has 3 rings (SSSR count). The molecular weight excluding hydrogens is 295 g/mol. The Morgan fingerprint density at radius 2 is 2.13 bits per heavy atom. The second-order valence-corrected chi connectivity index (χ2v) is 6.13. The number of fused-ring (bicyclic) bond motifs is 1. The molecule has 0 saturated carbocycles. The lowest BCUT2D eigenvalue weighted by atomic mass is 10.0. The smallest absolute Gasteiger partial charge is 0.227 e. The summed E-state index contributed by atoms with van der Waals surface area (Å²) in [5, 5.41) is 0.806. The Morgan fingerprint density at radius 3 is 2.83 bits per heavy atom. The molecule has 0 radical (unpaired) electrons. The number of halogens is 1. The van der Waals surface area contributed by atoms with E-state index in [2.05, 4.69) is 4.98 Å². The third kappa shape index (κ3) is 3.39. The molecule has 0 atom stereocenters. The van der Waals surface area contributed by atoms with E-state index in [1.54, 1.807) is 6.07 Å². The van der Waals surface area contributed by atoms with E-state index in [-0.39, 0.29) is 17.8 Å². The number of nitrogens with zero attached hydrogens (tertiary/aromatic N) is 1. The number of H-pyrrole nitrogens is 1. The van der Waals surface area contributed by atoms with Gasteiger partial charge in [-0.15, -0.1) is 0 Å². The summed E-state index contributed by atoms with van der Waals surface area (Å²) in [6.45, 7) is 6.12. The highest BCUT2D eigenvalue weighted by molar-refractivity contribution is 5.90. The summed E-state index contributed by atoms with van der Waals surface area (Å²) in [5.74, 6) is -0.170. The SMILES string of the molecule is CCOC1CCN(C(=O)Cc2c(C)[nH]c3ccc(F)cc23)CC1. The van der Waals surface area contributed by atoms with Crippen molar-refractivity contribution in [3.63, 3.8) is 0 Å². The fourth-order valence-electron chi connectivity index (χ4n) is 3.35. The maximum atomic E-state index is 13.5. The van der Waals surface area contributed by atoms with Gasteiger partial charge in [0.1, 0.15) is 5.82 Å². The quantitative estimate of drug-likeness (QED) is 0.941. The third-order valence-corrected chi connectivity index (χ3v) is 4.61. The molecule has 1 N–H and O–H groups in total. The summed E-state index contributed by atoms with van der Waals surface area (Å²) in [6.07, 6.45) is 2.37. The number of aromatic amines is 1. The first kappa shape index (κ1) is 16.0. The van der Waals surface area contributed by atoms with Gasteiger partial charge in [0, 0.05) is 36.3 Å². The third-order valence-electron chi connectivity index (χ3n) is 4.61. The number of hydrogen-bond acceptors (Lipinski definition) is 2. The van der Waals surface area contributed by atoms with Crippen LogP contribution in [0.1, 0.15) is 31.0 Å². The van der Waals surface area contributed by atoms with Crippen LogP contribution in [-0.2, 0) is 16.0 Å². The van der Waals surface area contributed by atoms with Crippen molar-refractivity contribution in [2.75, 3.05) is 19.7 Å². The number of piperidine rings is 1. The van der Waals surface area contributed by atoms with Crippen molar-refractivity contribution in [3.05, 3.63) is 35.3 Å². The zero-order valence-electron chi connectivity index (χ0n) is 13.7.